The fourth-order valence-electron chi connectivity index (χ4n) is 2.50. The molecule has 1 aliphatic rings. The van der Waals surface area contributed by atoms with Gasteiger partial charge in [-0.25, -0.2) is 0 Å². The van der Waals surface area contributed by atoms with E-state index in [1.807, 2.05) is 24.3 Å². The van der Waals surface area contributed by atoms with Crippen LogP contribution in [0.15, 0.2) is 24.3 Å². The van der Waals surface area contributed by atoms with Gasteiger partial charge in [0.2, 0.25) is 0 Å². The number of morpholine rings is 1. The first-order valence-electron chi connectivity index (χ1n) is 7.31. The van der Waals surface area contributed by atoms with E-state index < -0.39 is 0 Å². The third kappa shape index (κ3) is 5.61. The Morgan fingerprint density at radius 2 is 2.10 bits per heavy atom. The van der Waals surface area contributed by atoms with Gasteiger partial charge in [-0.3, -0.25) is 4.90 Å². The van der Waals surface area contributed by atoms with Crippen LogP contribution in [0.2, 0.25) is 0 Å². The Hall–Kier alpha value is -1.17. The summed E-state index contributed by atoms with van der Waals surface area (Å²) in [5.41, 5.74) is 6.59. The van der Waals surface area contributed by atoms with Crippen LogP contribution in [0.25, 0.3) is 0 Å². The summed E-state index contributed by atoms with van der Waals surface area (Å²) in [6.07, 6.45) is 0.637. The summed E-state index contributed by atoms with van der Waals surface area (Å²) >= 11 is 4.90. The molecule has 0 radical (unpaired) electrons. The van der Waals surface area contributed by atoms with Crippen LogP contribution in [0.4, 0.5) is 0 Å². The van der Waals surface area contributed by atoms with Gasteiger partial charge in [-0.15, -0.1) is 0 Å². The average molecular weight is 308 g/mol. The summed E-state index contributed by atoms with van der Waals surface area (Å²) in [5.74, 6) is 0.884. The van der Waals surface area contributed by atoms with Crippen molar-refractivity contribution in [2.45, 2.75) is 25.9 Å². The Morgan fingerprint density at radius 1 is 1.38 bits per heavy atom. The van der Waals surface area contributed by atoms with Gasteiger partial charge in [0.15, 0.2) is 0 Å². The van der Waals surface area contributed by atoms with E-state index in [4.69, 9.17) is 27.4 Å². The highest BCUT2D eigenvalue weighted by atomic mass is 32.1. The predicted octanol–water partition coefficient (Wildman–Crippen LogP) is 2.00. The van der Waals surface area contributed by atoms with Crippen molar-refractivity contribution < 1.29 is 9.47 Å². The minimum atomic E-state index is -0.0550. The van der Waals surface area contributed by atoms with Crippen molar-refractivity contribution in [1.82, 2.24) is 4.90 Å². The molecule has 5 heteroatoms. The number of hydrogen-bond acceptors (Lipinski definition) is 4. The number of rotatable bonds is 6. The molecule has 2 N–H and O–H groups in total. The summed E-state index contributed by atoms with van der Waals surface area (Å²) in [5, 5.41) is 0. The normalized spacial score (nSPS) is 18.4. The molecule has 1 heterocycles. The lowest BCUT2D eigenvalue weighted by Gasteiger charge is -2.38. The zero-order chi connectivity index (χ0) is 15.3. The summed E-state index contributed by atoms with van der Waals surface area (Å²) in [7, 11) is 0. The molecule has 1 fully saturated rings. The summed E-state index contributed by atoms with van der Waals surface area (Å²) in [6, 6.07) is 7.95. The van der Waals surface area contributed by atoms with E-state index in [9.17, 15) is 0 Å². The highest BCUT2D eigenvalue weighted by Gasteiger charge is 2.26. The molecular formula is C16H24N2O2S. The Kier molecular flexibility index (Phi) is 5.56. The molecule has 0 unspecified atom stereocenters. The van der Waals surface area contributed by atoms with Gasteiger partial charge in [0, 0.05) is 26.1 Å². The Bertz CT molecular complexity index is 474. The monoisotopic (exact) mass is 308 g/mol. The average Bonchev–Trinajstić information content (AvgIpc) is 2.39. The Balaban J connectivity index is 1.74. The summed E-state index contributed by atoms with van der Waals surface area (Å²) in [4.78, 5) is 2.89. The van der Waals surface area contributed by atoms with Crippen LogP contribution in [0, 0.1) is 0 Å². The molecule has 0 bridgehead atoms. The van der Waals surface area contributed by atoms with Crippen molar-refractivity contribution in [2.75, 3.05) is 32.8 Å². The lowest BCUT2D eigenvalue weighted by atomic mass is 10.1. The number of nitrogens with two attached hydrogens (primary N) is 1. The van der Waals surface area contributed by atoms with Crippen LogP contribution in [-0.2, 0) is 11.2 Å². The topological polar surface area (TPSA) is 47.7 Å². The molecule has 0 saturated carbocycles. The molecular weight excluding hydrogens is 284 g/mol. The van der Waals surface area contributed by atoms with Crippen LogP contribution in [0.5, 0.6) is 5.75 Å². The van der Waals surface area contributed by atoms with E-state index in [2.05, 4.69) is 18.7 Å². The highest BCUT2D eigenvalue weighted by Crippen LogP contribution is 2.16. The van der Waals surface area contributed by atoms with E-state index in [-0.39, 0.29) is 5.60 Å². The molecule has 0 spiro atoms. The van der Waals surface area contributed by atoms with Gasteiger partial charge in [-0.2, -0.15) is 0 Å². The van der Waals surface area contributed by atoms with Crippen LogP contribution in [0.1, 0.15) is 19.4 Å². The number of benzene rings is 1. The molecule has 1 saturated heterocycles. The third-order valence-corrected chi connectivity index (χ3v) is 3.63. The summed E-state index contributed by atoms with van der Waals surface area (Å²) in [6.45, 7) is 8.57. The number of ether oxygens (including phenoxy) is 2. The molecule has 2 rings (SSSR count). The second kappa shape index (κ2) is 7.20. The summed E-state index contributed by atoms with van der Waals surface area (Å²) < 4.78 is 11.5. The molecule has 4 nitrogen and oxygen atoms in total. The van der Waals surface area contributed by atoms with Crippen LogP contribution < -0.4 is 10.5 Å². The largest absolute Gasteiger partial charge is 0.492 e. The SMILES string of the molecule is CC1(C)CN(CCOc2ccc(CC(N)=S)cc2)CCO1. The molecule has 1 aromatic carbocycles. The maximum Gasteiger partial charge on any atom is 0.119 e. The van der Waals surface area contributed by atoms with Gasteiger partial charge in [0.25, 0.3) is 0 Å². The van der Waals surface area contributed by atoms with Crippen molar-refractivity contribution in [3.63, 3.8) is 0 Å². The van der Waals surface area contributed by atoms with Crippen molar-refractivity contribution in [2.24, 2.45) is 5.73 Å². The molecule has 0 atom stereocenters. The van der Waals surface area contributed by atoms with E-state index in [0.29, 0.717) is 18.0 Å². The Labute approximate surface area is 132 Å². The highest BCUT2D eigenvalue weighted by molar-refractivity contribution is 7.80. The molecule has 21 heavy (non-hydrogen) atoms. The first-order valence-corrected chi connectivity index (χ1v) is 7.72. The number of hydrogen-bond donors (Lipinski definition) is 1. The van der Waals surface area contributed by atoms with Gasteiger partial charge >= 0.3 is 0 Å². The minimum absolute atomic E-state index is 0.0550. The lowest BCUT2D eigenvalue weighted by molar-refractivity contribution is -0.0875. The Morgan fingerprint density at radius 3 is 2.71 bits per heavy atom. The third-order valence-electron chi connectivity index (χ3n) is 3.48. The van der Waals surface area contributed by atoms with E-state index in [1.54, 1.807) is 0 Å². The number of nitrogens with zero attached hydrogens (tertiary/aromatic N) is 1. The molecule has 0 amide bonds. The van der Waals surface area contributed by atoms with Crippen molar-refractivity contribution in [1.29, 1.82) is 0 Å². The molecule has 116 valence electrons. The second-order valence-corrected chi connectivity index (χ2v) is 6.54. The fraction of sp³-hybridized carbons (Fsp3) is 0.562. The van der Waals surface area contributed by atoms with E-state index >= 15 is 0 Å². The molecule has 0 aliphatic carbocycles. The maximum atomic E-state index is 5.79. The zero-order valence-electron chi connectivity index (χ0n) is 12.8. The van der Waals surface area contributed by atoms with E-state index in [1.165, 1.54) is 0 Å². The van der Waals surface area contributed by atoms with Crippen molar-refractivity contribution in [3.8, 4) is 5.75 Å². The van der Waals surface area contributed by atoms with Gasteiger partial charge in [-0.05, 0) is 31.5 Å². The smallest absolute Gasteiger partial charge is 0.119 e. The van der Waals surface area contributed by atoms with E-state index in [0.717, 1.165) is 37.6 Å². The maximum absolute atomic E-state index is 5.79. The standard InChI is InChI=1S/C16H24N2O2S/c1-16(2)12-18(8-10-20-16)7-9-19-14-5-3-13(4-6-14)11-15(17)21/h3-6H,7-12H2,1-2H3,(H2,17,21). The fourth-order valence-corrected chi connectivity index (χ4v) is 2.67. The van der Waals surface area contributed by atoms with Crippen LogP contribution in [-0.4, -0.2) is 48.3 Å². The predicted molar refractivity (Wildman–Crippen MR) is 88.9 cm³/mol. The first-order chi connectivity index (χ1) is 9.94. The van der Waals surface area contributed by atoms with Gasteiger partial charge < -0.3 is 15.2 Å². The van der Waals surface area contributed by atoms with Gasteiger partial charge in [0.05, 0.1) is 17.2 Å². The zero-order valence-corrected chi connectivity index (χ0v) is 13.6. The number of thiocarbonyl (C=S) groups is 1. The lowest BCUT2D eigenvalue weighted by Crippen LogP contribution is -2.49. The first kappa shape index (κ1) is 16.2. The van der Waals surface area contributed by atoms with Gasteiger partial charge in [-0.1, -0.05) is 24.4 Å². The molecule has 1 aromatic rings. The molecule has 0 aromatic heterocycles. The van der Waals surface area contributed by atoms with Crippen LogP contribution in [0.3, 0.4) is 0 Å². The second-order valence-electron chi connectivity index (χ2n) is 6.02. The van der Waals surface area contributed by atoms with Crippen LogP contribution >= 0.6 is 12.2 Å². The molecule has 1 aliphatic heterocycles. The van der Waals surface area contributed by atoms with Gasteiger partial charge in [0.1, 0.15) is 12.4 Å². The van der Waals surface area contributed by atoms with Crippen molar-refractivity contribution >= 4 is 17.2 Å². The minimum Gasteiger partial charge on any atom is -0.492 e. The quantitative estimate of drug-likeness (QED) is 0.815. The van der Waals surface area contributed by atoms with Crippen molar-refractivity contribution in [3.05, 3.63) is 29.8 Å².